The first kappa shape index (κ1) is 16.6. The third-order valence-corrected chi connectivity index (χ3v) is 3.83. The lowest BCUT2D eigenvalue weighted by Gasteiger charge is -2.15. The molecule has 25 heavy (non-hydrogen) atoms. The van der Waals surface area contributed by atoms with Crippen LogP contribution in [0.4, 0.5) is 5.69 Å². The monoisotopic (exact) mass is 338 g/mol. The number of amides is 1. The quantitative estimate of drug-likeness (QED) is 0.699. The zero-order valence-corrected chi connectivity index (χ0v) is 13.9. The highest BCUT2D eigenvalue weighted by Gasteiger charge is 2.21. The van der Waals surface area contributed by atoms with Crippen molar-refractivity contribution in [3.05, 3.63) is 60.3 Å². The molecule has 128 valence electrons. The van der Waals surface area contributed by atoms with E-state index in [0.29, 0.717) is 17.0 Å². The molecular formula is C19H18N2O4. The molecule has 2 aromatic carbocycles. The number of nitrogens with one attached hydrogen (secondary N) is 2. The molecule has 0 aliphatic rings. The number of aromatic amines is 1. The van der Waals surface area contributed by atoms with Crippen molar-refractivity contribution in [2.45, 2.75) is 13.0 Å². The smallest absolute Gasteiger partial charge is 0.341 e. The van der Waals surface area contributed by atoms with Gasteiger partial charge in [-0.05, 0) is 25.1 Å². The first-order valence-corrected chi connectivity index (χ1v) is 7.81. The minimum absolute atomic E-state index is 0.396. The third kappa shape index (κ3) is 3.47. The van der Waals surface area contributed by atoms with E-state index in [9.17, 15) is 9.59 Å². The van der Waals surface area contributed by atoms with Gasteiger partial charge in [0.2, 0.25) is 0 Å². The van der Waals surface area contributed by atoms with Crippen LogP contribution in [0, 0.1) is 0 Å². The average Bonchev–Trinajstić information content (AvgIpc) is 3.06. The molecule has 0 radical (unpaired) electrons. The molecule has 1 aromatic heterocycles. The van der Waals surface area contributed by atoms with Crippen molar-refractivity contribution < 1.29 is 19.1 Å². The summed E-state index contributed by atoms with van der Waals surface area (Å²) in [6.07, 6.45) is 0.628. The van der Waals surface area contributed by atoms with Crippen molar-refractivity contribution in [2.75, 3.05) is 12.4 Å². The van der Waals surface area contributed by atoms with Gasteiger partial charge in [-0.15, -0.1) is 0 Å². The molecule has 2 N–H and O–H groups in total. The van der Waals surface area contributed by atoms with Crippen molar-refractivity contribution in [1.29, 1.82) is 0 Å². The molecule has 0 spiro atoms. The van der Waals surface area contributed by atoms with Gasteiger partial charge in [0.1, 0.15) is 5.75 Å². The fourth-order valence-corrected chi connectivity index (χ4v) is 2.50. The Hall–Kier alpha value is -3.28. The van der Waals surface area contributed by atoms with E-state index < -0.39 is 18.0 Å². The first-order chi connectivity index (χ1) is 12.1. The standard InChI is InChI=1S/C19H18N2O4/c1-12(18(22)21-16-9-5-6-10-17(16)24-2)25-19(23)14-11-20-15-8-4-3-7-13(14)15/h3-12,20H,1-2H3,(H,21,22)/t12-/m1/s1. The van der Waals surface area contributed by atoms with E-state index in [2.05, 4.69) is 10.3 Å². The van der Waals surface area contributed by atoms with Gasteiger partial charge in [0.25, 0.3) is 5.91 Å². The van der Waals surface area contributed by atoms with E-state index in [0.717, 1.165) is 10.9 Å². The molecule has 1 heterocycles. The Morgan fingerprint density at radius 3 is 2.60 bits per heavy atom. The SMILES string of the molecule is COc1ccccc1NC(=O)[C@@H](C)OC(=O)c1c[nH]c2ccccc12. The van der Waals surface area contributed by atoms with E-state index in [1.165, 1.54) is 14.0 Å². The normalized spacial score (nSPS) is 11.8. The number of rotatable bonds is 5. The average molecular weight is 338 g/mol. The Morgan fingerprint density at radius 2 is 1.80 bits per heavy atom. The molecule has 1 amide bonds. The van der Waals surface area contributed by atoms with Crippen molar-refractivity contribution in [3.8, 4) is 5.75 Å². The summed E-state index contributed by atoms with van der Waals surface area (Å²) in [6.45, 7) is 1.53. The van der Waals surface area contributed by atoms with E-state index in [4.69, 9.17) is 9.47 Å². The van der Waals surface area contributed by atoms with Crippen LogP contribution >= 0.6 is 0 Å². The summed E-state index contributed by atoms with van der Waals surface area (Å²) in [4.78, 5) is 27.7. The maximum absolute atomic E-state index is 12.4. The molecule has 3 rings (SSSR count). The van der Waals surface area contributed by atoms with Crippen molar-refractivity contribution >= 4 is 28.5 Å². The minimum Gasteiger partial charge on any atom is -0.495 e. The topological polar surface area (TPSA) is 80.4 Å². The van der Waals surface area contributed by atoms with Crippen LogP contribution in [-0.4, -0.2) is 30.1 Å². The third-order valence-electron chi connectivity index (χ3n) is 3.83. The van der Waals surface area contributed by atoms with Gasteiger partial charge in [-0.2, -0.15) is 0 Å². The molecule has 0 aliphatic heterocycles. The molecular weight excluding hydrogens is 320 g/mol. The zero-order chi connectivity index (χ0) is 17.8. The Balaban J connectivity index is 1.70. The molecule has 6 nitrogen and oxygen atoms in total. The lowest BCUT2D eigenvalue weighted by Crippen LogP contribution is -2.30. The second kappa shape index (κ2) is 7.09. The van der Waals surface area contributed by atoms with E-state index in [-0.39, 0.29) is 0 Å². The second-order valence-electron chi connectivity index (χ2n) is 5.49. The number of esters is 1. The number of ether oxygens (including phenoxy) is 2. The number of carbonyl (C=O) groups excluding carboxylic acids is 2. The Morgan fingerprint density at radius 1 is 1.08 bits per heavy atom. The predicted octanol–water partition coefficient (Wildman–Crippen LogP) is 3.36. The lowest BCUT2D eigenvalue weighted by molar-refractivity contribution is -0.123. The molecule has 0 aliphatic carbocycles. The number of H-pyrrole nitrogens is 1. The Bertz CT molecular complexity index is 916. The fraction of sp³-hybridized carbons (Fsp3) is 0.158. The van der Waals surface area contributed by atoms with Gasteiger partial charge >= 0.3 is 5.97 Å². The zero-order valence-electron chi connectivity index (χ0n) is 13.9. The molecule has 0 saturated heterocycles. The molecule has 1 atom stereocenters. The van der Waals surface area contributed by atoms with E-state index in [1.54, 1.807) is 30.5 Å². The highest BCUT2D eigenvalue weighted by molar-refractivity contribution is 6.05. The number of aromatic nitrogens is 1. The fourth-order valence-electron chi connectivity index (χ4n) is 2.50. The number of fused-ring (bicyclic) bond motifs is 1. The summed E-state index contributed by atoms with van der Waals surface area (Å²) in [5, 5.41) is 3.45. The summed E-state index contributed by atoms with van der Waals surface area (Å²) >= 11 is 0. The minimum atomic E-state index is -0.953. The first-order valence-electron chi connectivity index (χ1n) is 7.81. The lowest BCUT2D eigenvalue weighted by atomic mass is 10.2. The van der Waals surface area contributed by atoms with Crippen molar-refractivity contribution in [2.24, 2.45) is 0 Å². The number of hydrogen-bond donors (Lipinski definition) is 2. The van der Waals surface area contributed by atoms with Crippen LogP contribution in [0.25, 0.3) is 10.9 Å². The van der Waals surface area contributed by atoms with Gasteiger partial charge in [-0.3, -0.25) is 4.79 Å². The molecule has 0 fully saturated rings. The summed E-state index contributed by atoms with van der Waals surface area (Å²) in [5.74, 6) is -0.455. The van der Waals surface area contributed by atoms with Crippen LogP contribution in [0.3, 0.4) is 0 Å². The van der Waals surface area contributed by atoms with Crippen LogP contribution in [0.5, 0.6) is 5.75 Å². The van der Waals surface area contributed by atoms with Crippen LogP contribution in [0.15, 0.2) is 54.7 Å². The summed E-state index contributed by atoms with van der Waals surface area (Å²) in [5.41, 5.74) is 1.75. The van der Waals surface area contributed by atoms with Gasteiger partial charge in [0.05, 0.1) is 18.4 Å². The highest BCUT2D eigenvalue weighted by atomic mass is 16.5. The Kier molecular flexibility index (Phi) is 4.70. The van der Waals surface area contributed by atoms with Crippen molar-refractivity contribution in [1.82, 2.24) is 4.98 Å². The maximum Gasteiger partial charge on any atom is 0.341 e. The number of methoxy groups -OCH3 is 1. The van der Waals surface area contributed by atoms with Gasteiger partial charge in [0.15, 0.2) is 6.10 Å². The van der Waals surface area contributed by atoms with E-state index >= 15 is 0 Å². The van der Waals surface area contributed by atoms with Crippen LogP contribution in [-0.2, 0) is 9.53 Å². The summed E-state index contributed by atoms with van der Waals surface area (Å²) < 4.78 is 10.5. The Labute approximate surface area is 144 Å². The largest absolute Gasteiger partial charge is 0.495 e. The molecule has 0 bridgehead atoms. The van der Waals surface area contributed by atoms with Crippen LogP contribution < -0.4 is 10.1 Å². The molecule has 3 aromatic rings. The number of para-hydroxylation sites is 3. The highest BCUT2D eigenvalue weighted by Crippen LogP contribution is 2.23. The predicted molar refractivity (Wildman–Crippen MR) is 94.8 cm³/mol. The van der Waals surface area contributed by atoms with Crippen LogP contribution in [0.2, 0.25) is 0 Å². The second-order valence-corrected chi connectivity index (χ2v) is 5.49. The number of benzene rings is 2. The van der Waals surface area contributed by atoms with Crippen molar-refractivity contribution in [3.63, 3.8) is 0 Å². The summed E-state index contributed by atoms with van der Waals surface area (Å²) in [7, 11) is 1.52. The number of hydrogen-bond acceptors (Lipinski definition) is 4. The number of anilines is 1. The van der Waals surface area contributed by atoms with Gasteiger partial charge in [-0.25, -0.2) is 4.79 Å². The van der Waals surface area contributed by atoms with E-state index in [1.807, 2.05) is 24.3 Å². The number of carbonyl (C=O) groups is 2. The van der Waals surface area contributed by atoms with Gasteiger partial charge in [0, 0.05) is 17.1 Å². The molecule has 0 unspecified atom stereocenters. The summed E-state index contributed by atoms with van der Waals surface area (Å²) in [6, 6.07) is 14.4. The van der Waals surface area contributed by atoms with Crippen LogP contribution in [0.1, 0.15) is 17.3 Å². The maximum atomic E-state index is 12.4. The van der Waals surface area contributed by atoms with Gasteiger partial charge in [-0.1, -0.05) is 30.3 Å². The molecule has 0 saturated carbocycles. The van der Waals surface area contributed by atoms with Gasteiger partial charge < -0.3 is 19.8 Å². The molecule has 6 heteroatoms.